The van der Waals surface area contributed by atoms with Crippen LogP contribution in [-0.2, 0) is 9.47 Å². The fraction of sp³-hybridized carbons (Fsp3) is 0.353. The van der Waals surface area contributed by atoms with Gasteiger partial charge in [-0.3, -0.25) is 4.99 Å². The molecule has 0 spiro atoms. The van der Waals surface area contributed by atoms with Crippen molar-refractivity contribution in [2.24, 2.45) is 4.99 Å². The van der Waals surface area contributed by atoms with Gasteiger partial charge in [0.2, 0.25) is 6.29 Å². The topological polar surface area (TPSA) is 68.6 Å². The molecule has 0 radical (unpaired) electrons. The number of nitrogens with one attached hydrogen (secondary N) is 1. The fourth-order valence-electron chi connectivity index (χ4n) is 2.61. The van der Waals surface area contributed by atoms with E-state index in [4.69, 9.17) is 14.5 Å². The number of rotatable bonds is 4. The minimum atomic E-state index is -0.294. The van der Waals surface area contributed by atoms with Crippen LogP contribution in [-0.4, -0.2) is 41.1 Å². The molecule has 4 heterocycles. The van der Waals surface area contributed by atoms with Crippen molar-refractivity contribution >= 4 is 28.4 Å². The first-order valence-electron chi connectivity index (χ1n) is 7.89. The molecule has 2 aromatic rings. The van der Waals surface area contributed by atoms with Crippen molar-refractivity contribution in [3.05, 3.63) is 47.8 Å². The lowest BCUT2D eigenvalue weighted by Crippen LogP contribution is -2.16. The summed E-state index contributed by atoms with van der Waals surface area (Å²) in [6.45, 7) is 4.01. The van der Waals surface area contributed by atoms with E-state index in [1.807, 2.05) is 37.3 Å². The number of nitrogens with zero attached hydrogens (tertiary/aromatic N) is 3. The molecule has 2 aliphatic rings. The highest BCUT2D eigenvalue weighted by molar-refractivity contribution is 8.14. The molecule has 24 heavy (non-hydrogen) atoms. The molecule has 1 N–H and O–H groups in total. The van der Waals surface area contributed by atoms with Crippen molar-refractivity contribution in [1.29, 1.82) is 0 Å². The number of thioether (sulfide) groups is 1. The number of aryl methyl sites for hydroxylation is 1. The maximum Gasteiger partial charge on any atom is 0.207 e. The number of aliphatic imine (C=N–C) groups is 1. The molecule has 1 saturated heterocycles. The number of ether oxygens (including phenoxy) is 2. The summed E-state index contributed by atoms with van der Waals surface area (Å²) in [4.78, 5) is 13.6. The molecule has 2 aromatic heterocycles. The number of anilines is 2. The van der Waals surface area contributed by atoms with Crippen LogP contribution in [0.25, 0.3) is 0 Å². The highest BCUT2D eigenvalue weighted by Gasteiger charge is 2.31. The van der Waals surface area contributed by atoms with Crippen LogP contribution < -0.4 is 5.32 Å². The van der Waals surface area contributed by atoms with Gasteiger partial charge in [0.1, 0.15) is 16.7 Å². The van der Waals surface area contributed by atoms with E-state index in [2.05, 4.69) is 15.3 Å². The van der Waals surface area contributed by atoms with Crippen molar-refractivity contribution in [3.8, 4) is 0 Å². The van der Waals surface area contributed by atoms with Crippen molar-refractivity contribution in [2.45, 2.75) is 18.5 Å². The molecule has 7 heteroatoms. The van der Waals surface area contributed by atoms with Gasteiger partial charge in [-0.1, -0.05) is 17.8 Å². The van der Waals surface area contributed by atoms with Gasteiger partial charge in [0.05, 0.1) is 30.7 Å². The van der Waals surface area contributed by atoms with Crippen molar-refractivity contribution in [3.63, 3.8) is 0 Å². The van der Waals surface area contributed by atoms with Gasteiger partial charge >= 0.3 is 0 Å². The Labute approximate surface area is 144 Å². The summed E-state index contributed by atoms with van der Waals surface area (Å²) in [7, 11) is 0. The Morgan fingerprint density at radius 2 is 2.04 bits per heavy atom. The maximum atomic E-state index is 5.52. The molecule has 0 amide bonds. The van der Waals surface area contributed by atoms with Gasteiger partial charge in [0.25, 0.3) is 0 Å². The Kier molecular flexibility index (Phi) is 4.46. The quantitative estimate of drug-likeness (QED) is 0.921. The van der Waals surface area contributed by atoms with Crippen molar-refractivity contribution in [2.75, 3.05) is 25.1 Å². The summed E-state index contributed by atoms with van der Waals surface area (Å²) in [5, 5.41) is 4.37. The SMILES string of the molecule is Cc1ccnc(Nc2cccc(C3CN=C(C4OCCO4)S3)n2)c1. The average Bonchev–Trinajstić information content (AvgIpc) is 3.27. The monoisotopic (exact) mass is 342 g/mol. The zero-order valence-corrected chi connectivity index (χ0v) is 14.1. The lowest BCUT2D eigenvalue weighted by molar-refractivity contribution is 0.0174. The summed E-state index contributed by atoms with van der Waals surface area (Å²) in [5.74, 6) is 1.58. The Morgan fingerprint density at radius 3 is 2.88 bits per heavy atom. The van der Waals surface area contributed by atoms with Gasteiger partial charge in [0, 0.05) is 6.20 Å². The standard InChI is InChI=1S/C17H18N4O2S/c1-11-5-6-18-15(9-11)21-14-4-2-3-12(20-14)13-10-19-16(24-13)17-22-7-8-23-17/h2-6,9,13,17H,7-8,10H2,1H3,(H,18,20,21). The fourth-order valence-corrected chi connectivity index (χ4v) is 3.70. The van der Waals surface area contributed by atoms with Gasteiger partial charge in [-0.05, 0) is 36.8 Å². The zero-order valence-electron chi connectivity index (χ0n) is 13.3. The van der Waals surface area contributed by atoms with Gasteiger partial charge in [-0.25, -0.2) is 9.97 Å². The highest BCUT2D eigenvalue weighted by atomic mass is 32.2. The van der Waals surface area contributed by atoms with Crippen LogP contribution >= 0.6 is 11.8 Å². The first kappa shape index (κ1) is 15.6. The van der Waals surface area contributed by atoms with E-state index in [-0.39, 0.29) is 11.5 Å². The van der Waals surface area contributed by atoms with Crippen LogP contribution in [0.4, 0.5) is 11.6 Å². The van der Waals surface area contributed by atoms with E-state index < -0.39 is 0 Å². The minimum Gasteiger partial charge on any atom is -0.344 e. The number of pyridine rings is 2. The molecule has 4 rings (SSSR count). The Morgan fingerprint density at radius 1 is 1.17 bits per heavy atom. The number of hydrogen-bond acceptors (Lipinski definition) is 7. The largest absolute Gasteiger partial charge is 0.344 e. The lowest BCUT2D eigenvalue weighted by Gasteiger charge is -2.12. The Balaban J connectivity index is 1.45. The molecule has 1 atom stereocenters. The van der Waals surface area contributed by atoms with Crippen molar-refractivity contribution in [1.82, 2.24) is 9.97 Å². The predicted octanol–water partition coefficient (Wildman–Crippen LogP) is 3.09. The van der Waals surface area contributed by atoms with Crippen LogP contribution in [0.1, 0.15) is 16.5 Å². The smallest absolute Gasteiger partial charge is 0.207 e. The van der Waals surface area contributed by atoms with Gasteiger partial charge in [0.15, 0.2) is 0 Å². The van der Waals surface area contributed by atoms with E-state index in [0.717, 1.165) is 27.9 Å². The third-order valence-corrected chi connectivity index (χ3v) is 5.01. The van der Waals surface area contributed by atoms with E-state index >= 15 is 0 Å². The van der Waals surface area contributed by atoms with Crippen molar-refractivity contribution < 1.29 is 9.47 Å². The Bertz CT molecular complexity index is 762. The molecule has 0 aliphatic carbocycles. The summed E-state index contributed by atoms with van der Waals surface area (Å²) in [6.07, 6.45) is 1.49. The summed E-state index contributed by atoms with van der Waals surface area (Å²) in [6, 6.07) is 9.94. The van der Waals surface area contributed by atoms with Gasteiger partial charge in [-0.15, -0.1) is 0 Å². The summed E-state index contributed by atoms with van der Waals surface area (Å²) in [5.41, 5.74) is 2.15. The Hall–Kier alpha value is -1.96. The molecule has 1 unspecified atom stereocenters. The molecular weight excluding hydrogens is 324 g/mol. The first-order chi connectivity index (χ1) is 11.8. The predicted molar refractivity (Wildman–Crippen MR) is 94.8 cm³/mol. The average molecular weight is 342 g/mol. The molecule has 0 aromatic carbocycles. The van der Waals surface area contributed by atoms with Crippen LogP contribution in [0.15, 0.2) is 41.5 Å². The number of aromatic nitrogens is 2. The third kappa shape index (κ3) is 3.43. The second kappa shape index (κ2) is 6.88. The second-order valence-corrected chi connectivity index (χ2v) is 6.87. The van der Waals surface area contributed by atoms with E-state index in [1.54, 1.807) is 18.0 Å². The second-order valence-electron chi connectivity index (χ2n) is 5.65. The molecule has 1 fully saturated rings. The van der Waals surface area contributed by atoms with E-state index in [9.17, 15) is 0 Å². The molecule has 2 aliphatic heterocycles. The highest BCUT2D eigenvalue weighted by Crippen LogP contribution is 2.37. The van der Waals surface area contributed by atoms with Crippen LogP contribution in [0.5, 0.6) is 0 Å². The van der Waals surface area contributed by atoms with E-state index in [0.29, 0.717) is 19.8 Å². The van der Waals surface area contributed by atoms with Crippen LogP contribution in [0.3, 0.4) is 0 Å². The molecule has 124 valence electrons. The molecular formula is C17H18N4O2S. The summed E-state index contributed by atoms with van der Waals surface area (Å²) < 4.78 is 11.0. The third-order valence-electron chi connectivity index (χ3n) is 3.77. The zero-order chi connectivity index (χ0) is 16.4. The first-order valence-corrected chi connectivity index (χ1v) is 8.77. The van der Waals surface area contributed by atoms with Crippen LogP contribution in [0, 0.1) is 6.92 Å². The van der Waals surface area contributed by atoms with Crippen LogP contribution in [0.2, 0.25) is 0 Å². The maximum absolute atomic E-state index is 5.52. The molecule has 6 nitrogen and oxygen atoms in total. The normalized spacial score (nSPS) is 21.0. The lowest BCUT2D eigenvalue weighted by atomic mass is 10.2. The molecule has 0 bridgehead atoms. The summed E-state index contributed by atoms with van der Waals surface area (Å²) >= 11 is 1.67. The number of hydrogen-bond donors (Lipinski definition) is 1. The minimum absolute atomic E-state index is 0.194. The van der Waals surface area contributed by atoms with Gasteiger partial charge in [-0.2, -0.15) is 0 Å². The van der Waals surface area contributed by atoms with E-state index in [1.165, 1.54) is 0 Å². The van der Waals surface area contributed by atoms with Gasteiger partial charge < -0.3 is 14.8 Å². The molecule has 0 saturated carbocycles.